The molecule has 2 aromatic rings. The number of anilines is 2. The highest BCUT2D eigenvalue weighted by Crippen LogP contribution is 2.36. The lowest BCUT2D eigenvalue weighted by Crippen LogP contribution is -2.30. The van der Waals surface area contributed by atoms with Gasteiger partial charge in [0.2, 0.25) is 0 Å². The highest BCUT2D eigenvalue weighted by atomic mass is 16.3. The highest BCUT2D eigenvalue weighted by Gasteiger charge is 2.17. The summed E-state index contributed by atoms with van der Waals surface area (Å²) in [5.41, 5.74) is 9.36. The summed E-state index contributed by atoms with van der Waals surface area (Å²) in [5, 5.41) is 18.4. The largest absolute Gasteiger partial charge is 0.464 e. The molecule has 0 aliphatic rings. The number of aryl methyl sites for hydroxylation is 1. The maximum absolute atomic E-state index is 9.22. The van der Waals surface area contributed by atoms with Crippen molar-refractivity contribution in [3.05, 3.63) is 36.1 Å². The lowest BCUT2D eigenvalue weighted by molar-refractivity contribution is 0.281. The van der Waals surface area contributed by atoms with Crippen LogP contribution in [-0.4, -0.2) is 36.5 Å². The fourth-order valence-corrected chi connectivity index (χ4v) is 2.42. The van der Waals surface area contributed by atoms with E-state index in [4.69, 9.17) is 10.2 Å². The number of nitrogens with zero attached hydrogens (tertiary/aromatic N) is 1. The van der Waals surface area contributed by atoms with Crippen LogP contribution in [0.15, 0.2) is 34.9 Å². The van der Waals surface area contributed by atoms with Crippen LogP contribution in [0.5, 0.6) is 0 Å². The summed E-state index contributed by atoms with van der Waals surface area (Å²) in [6, 6.07) is 7.42. The van der Waals surface area contributed by atoms with Gasteiger partial charge in [-0.05, 0) is 36.8 Å². The number of benzene rings is 1. The topological polar surface area (TPSA) is 82.9 Å². The predicted octanol–water partition coefficient (Wildman–Crippen LogP) is 1.63. The third-order valence-electron chi connectivity index (χ3n) is 3.17. The fourth-order valence-electron chi connectivity index (χ4n) is 2.42. The van der Waals surface area contributed by atoms with Crippen LogP contribution in [-0.2, 0) is 0 Å². The van der Waals surface area contributed by atoms with E-state index < -0.39 is 0 Å². The third-order valence-corrected chi connectivity index (χ3v) is 3.17. The van der Waals surface area contributed by atoms with Crippen molar-refractivity contribution in [1.29, 1.82) is 0 Å². The van der Waals surface area contributed by atoms with Crippen LogP contribution in [0.4, 0.5) is 11.4 Å². The first-order valence-corrected chi connectivity index (χ1v) is 6.58. The van der Waals surface area contributed by atoms with Gasteiger partial charge in [-0.2, -0.15) is 0 Å². The molecule has 2 rings (SSSR count). The van der Waals surface area contributed by atoms with Crippen LogP contribution in [0.2, 0.25) is 0 Å². The number of aliphatic hydroxyl groups is 2. The van der Waals surface area contributed by atoms with E-state index in [1.807, 2.05) is 36.1 Å². The van der Waals surface area contributed by atoms with Gasteiger partial charge in [-0.3, -0.25) is 0 Å². The summed E-state index contributed by atoms with van der Waals surface area (Å²) in [7, 11) is 0. The Balaban J connectivity index is 2.54. The number of hydrogen-bond acceptors (Lipinski definition) is 5. The van der Waals surface area contributed by atoms with Gasteiger partial charge in [0, 0.05) is 24.3 Å². The summed E-state index contributed by atoms with van der Waals surface area (Å²) < 4.78 is 5.47. The molecule has 0 fully saturated rings. The smallest absolute Gasteiger partial charge is 0.136 e. The Hall–Kier alpha value is -1.98. The molecule has 0 spiro atoms. The molecule has 0 unspecified atom stereocenters. The summed E-state index contributed by atoms with van der Waals surface area (Å²) in [6.07, 6.45) is 1.61. The minimum absolute atomic E-state index is 0.0153. The molecule has 0 saturated heterocycles. The molecular weight excluding hydrogens is 256 g/mol. The summed E-state index contributed by atoms with van der Waals surface area (Å²) in [4.78, 5) is 1.94. The van der Waals surface area contributed by atoms with Crippen molar-refractivity contribution in [2.45, 2.75) is 6.92 Å². The van der Waals surface area contributed by atoms with Crippen LogP contribution in [0.1, 0.15) is 5.56 Å². The number of furan rings is 1. The average molecular weight is 276 g/mol. The number of hydrogen-bond donors (Lipinski definition) is 3. The van der Waals surface area contributed by atoms with Crippen LogP contribution < -0.4 is 10.6 Å². The van der Waals surface area contributed by atoms with Gasteiger partial charge >= 0.3 is 0 Å². The molecule has 0 amide bonds. The van der Waals surface area contributed by atoms with Gasteiger partial charge in [0.05, 0.1) is 25.2 Å². The Morgan fingerprint density at radius 3 is 2.45 bits per heavy atom. The van der Waals surface area contributed by atoms with Crippen molar-refractivity contribution in [2.75, 3.05) is 36.9 Å². The zero-order valence-electron chi connectivity index (χ0n) is 11.5. The number of aliphatic hydroxyl groups excluding tert-OH is 2. The van der Waals surface area contributed by atoms with Crippen LogP contribution in [0.3, 0.4) is 0 Å². The summed E-state index contributed by atoms with van der Waals surface area (Å²) in [5.74, 6) is 0.719. The molecule has 5 nitrogen and oxygen atoms in total. The Morgan fingerprint density at radius 1 is 1.20 bits per heavy atom. The van der Waals surface area contributed by atoms with E-state index in [2.05, 4.69) is 0 Å². The highest BCUT2D eigenvalue weighted by molar-refractivity contribution is 5.81. The van der Waals surface area contributed by atoms with Crippen LogP contribution in [0.25, 0.3) is 11.3 Å². The standard InChI is InChI=1S/C15H20N2O3/c1-11-9-12(16)10-13(14-3-2-8-20-14)15(11)17(4-6-18)5-7-19/h2-3,8-10,18-19H,4-7,16H2,1H3. The van der Waals surface area contributed by atoms with E-state index in [0.717, 1.165) is 22.6 Å². The zero-order valence-corrected chi connectivity index (χ0v) is 11.5. The van der Waals surface area contributed by atoms with Crippen LogP contribution in [0, 0.1) is 6.92 Å². The predicted molar refractivity (Wildman–Crippen MR) is 79.7 cm³/mol. The first kappa shape index (κ1) is 14.4. The lowest BCUT2D eigenvalue weighted by Gasteiger charge is -2.27. The molecule has 1 aromatic carbocycles. The molecule has 0 bridgehead atoms. The van der Waals surface area contributed by atoms with E-state index in [1.165, 1.54) is 0 Å². The van der Waals surface area contributed by atoms with E-state index in [-0.39, 0.29) is 13.2 Å². The van der Waals surface area contributed by atoms with E-state index >= 15 is 0 Å². The molecule has 1 heterocycles. The Labute approximate surface area is 118 Å². The van der Waals surface area contributed by atoms with Crippen molar-refractivity contribution in [3.8, 4) is 11.3 Å². The van der Waals surface area contributed by atoms with Gasteiger partial charge < -0.3 is 25.3 Å². The Morgan fingerprint density at radius 2 is 1.90 bits per heavy atom. The first-order chi connectivity index (χ1) is 9.67. The Bertz CT molecular complexity index is 546. The Kier molecular flexibility index (Phi) is 4.65. The van der Waals surface area contributed by atoms with Gasteiger partial charge in [0.15, 0.2) is 0 Å². The maximum atomic E-state index is 9.22. The van der Waals surface area contributed by atoms with Crippen molar-refractivity contribution in [2.24, 2.45) is 0 Å². The van der Waals surface area contributed by atoms with Gasteiger partial charge in [0.25, 0.3) is 0 Å². The number of nitrogens with two attached hydrogens (primary N) is 1. The van der Waals surface area contributed by atoms with Crippen molar-refractivity contribution in [1.82, 2.24) is 0 Å². The molecule has 0 aliphatic heterocycles. The molecule has 5 heteroatoms. The molecule has 0 radical (unpaired) electrons. The van der Waals surface area contributed by atoms with Crippen LogP contribution >= 0.6 is 0 Å². The molecule has 108 valence electrons. The molecule has 4 N–H and O–H groups in total. The van der Waals surface area contributed by atoms with E-state index in [0.29, 0.717) is 18.8 Å². The van der Waals surface area contributed by atoms with E-state index in [9.17, 15) is 10.2 Å². The molecule has 0 atom stereocenters. The van der Waals surface area contributed by atoms with Crippen molar-refractivity contribution in [3.63, 3.8) is 0 Å². The zero-order chi connectivity index (χ0) is 14.5. The fraction of sp³-hybridized carbons (Fsp3) is 0.333. The monoisotopic (exact) mass is 276 g/mol. The van der Waals surface area contributed by atoms with Gasteiger partial charge in [-0.15, -0.1) is 0 Å². The van der Waals surface area contributed by atoms with Gasteiger partial charge in [-0.1, -0.05) is 0 Å². The molecule has 1 aromatic heterocycles. The second-order valence-corrected chi connectivity index (χ2v) is 4.65. The number of rotatable bonds is 6. The van der Waals surface area contributed by atoms with Crippen molar-refractivity contribution < 1.29 is 14.6 Å². The second kappa shape index (κ2) is 6.45. The minimum atomic E-state index is 0.0153. The third kappa shape index (κ3) is 2.95. The minimum Gasteiger partial charge on any atom is -0.464 e. The SMILES string of the molecule is Cc1cc(N)cc(-c2ccco2)c1N(CCO)CCO. The summed E-state index contributed by atoms with van der Waals surface area (Å²) in [6.45, 7) is 2.88. The maximum Gasteiger partial charge on any atom is 0.136 e. The van der Waals surface area contributed by atoms with E-state index in [1.54, 1.807) is 6.26 Å². The van der Waals surface area contributed by atoms with Gasteiger partial charge in [-0.25, -0.2) is 0 Å². The quantitative estimate of drug-likeness (QED) is 0.698. The molecule has 0 aliphatic carbocycles. The second-order valence-electron chi connectivity index (χ2n) is 4.65. The van der Waals surface area contributed by atoms with Gasteiger partial charge in [0.1, 0.15) is 5.76 Å². The normalized spacial score (nSPS) is 10.8. The average Bonchev–Trinajstić information content (AvgIpc) is 2.91. The van der Waals surface area contributed by atoms with Crippen molar-refractivity contribution >= 4 is 11.4 Å². The molecule has 20 heavy (non-hydrogen) atoms. The molecule has 0 saturated carbocycles. The first-order valence-electron chi connectivity index (χ1n) is 6.58. The molecular formula is C15H20N2O3. The number of nitrogen functional groups attached to an aromatic ring is 1. The lowest BCUT2D eigenvalue weighted by atomic mass is 10.0. The summed E-state index contributed by atoms with van der Waals surface area (Å²) >= 11 is 0.